The van der Waals surface area contributed by atoms with Crippen molar-refractivity contribution in [1.82, 2.24) is 4.98 Å². The summed E-state index contributed by atoms with van der Waals surface area (Å²) < 4.78 is 0. The summed E-state index contributed by atoms with van der Waals surface area (Å²) in [4.78, 5) is 16.4. The molecular formula is C18H12Cl2N2OS. The first-order valence-electron chi connectivity index (χ1n) is 7.07. The molecule has 1 aromatic heterocycles. The van der Waals surface area contributed by atoms with Gasteiger partial charge in [-0.1, -0.05) is 53.5 Å². The molecule has 3 nitrogen and oxygen atoms in total. The van der Waals surface area contributed by atoms with Crippen molar-refractivity contribution in [3.63, 3.8) is 0 Å². The zero-order valence-electron chi connectivity index (χ0n) is 12.4. The first-order chi connectivity index (χ1) is 11.6. The second kappa shape index (κ2) is 7.62. The van der Waals surface area contributed by atoms with Gasteiger partial charge in [-0.15, -0.1) is 11.3 Å². The Morgan fingerprint density at radius 2 is 1.83 bits per heavy atom. The van der Waals surface area contributed by atoms with Gasteiger partial charge >= 0.3 is 0 Å². The molecule has 3 aromatic rings. The Morgan fingerprint density at radius 3 is 2.58 bits per heavy atom. The lowest BCUT2D eigenvalue weighted by molar-refractivity contribution is -0.111. The highest BCUT2D eigenvalue weighted by Gasteiger charge is 2.06. The van der Waals surface area contributed by atoms with E-state index in [2.05, 4.69) is 10.3 Å². The van der Waals surface area contributed by atoms with Crippen LogP contribution in [0.15, 0.2) is 60.0 Å². The van der Waals surface area contributed by atoms with Crippen LogP contribution in [0.5, 0.6) is 0 Å². The number of anilines is 1. The lowest BCUT2D eigenvalue weighted by Crippen LogP contribution is -2.07. The first-order valence-corrected chi connectivity index (χ1v) is 8.70. The smallest absolute Gasteiger partial charge is 0.250 e. The van der Waals surface area contributed by atoms with Gasteiger partial charge in [0.25, 0.3) is 0 Å². The van der Waals surface area contributed by atoms with Crippen molar-refractivity contribution in [3.05, 3.63) is 75.6 Å². The van der Waals surface area contributed by atoms with Crippen molar-refractivity contribution in [2.45, 2.75) is 0 Å². The molecule has 6 heteroatoms. The van der Waals surface area contributed by atoms with Gasteiger partial charge in [0.05, 0.1) is 5.69 Å². The number of benzene rings is 2. The maximum Gasteiger partial charge on any atom is 0.250 e. The van der Waals surface area contributed by atoms with Crippen molar-refractivity contribution in [3.8, 4) is 11.3 Å². The van der Waals surface area contributed by atoms with Crippen molar-refractivity contribution < 1.29 is 4.79 Å². The highest BCUT2D eigenvalue weighted by atomic mass is 35.5. The van der Waals surface area contributed by atoms with E-state index in [1.807, 2.05) is 35.7 Å². The van der Waals surface area contributed by atoms with Crippen molar-refractivity contribution in [2.75, 3.05) is 5.32 Å². The fourth-order valence-electron chi connectivity index (χ4n) is 2.01. The molecule has 0 bridgehead atoms. The molecule has 0 saturated carbocycles. The van der Waals surface area contributed by atoms with Crippen molar-refractivity contribution >= 4 is 51.7 Å². The Balaban J connectivity index is 1.67. The van der Waals surface area contributed by atoms with Gasteiger partial charge in [0.1, 0.15) is 0 Å². The number of carbonyl (C=O) groups excluding carboxylic acids is 1. The number of nitrogens with one attached hydrogen (secondary N) is 1. The van der Waals surface area contributed by atoms with Crippen LogP contribution in [0.2, 0.25) is 10.0 Å². The van der Waals surface area contributed by atoms with Crippen LogP contribution in [0.4, 0.5) is 5.13 Å². The molecule has 0 spiro atoms. The number of amides is 1. The lowest BCUT2D eigenvalue weighted by atomic mass is 10.2. The maximum absolute atomic E-state index is 12.0. The number of hydrogen-bond donors (Lipinski definition) is 1. The SMILES string of the molecule is O=C(C=Cc1ccccc1Cl)Nc1nc(-c2ccc(Cl)cc2)cs1. The number of nitrogens with zero attached hydrogens (tertiary/aromatic N) is 1. The van der Waals surface area contributed by atoms with E-state index >= 15 is 0 Å². The predicted molar refractivity (Wildman–Crippen MR) is 102 cm³/mol. The minimum Gasteiger partial charge on any atom is -0.298 e. The van der Waals surface area contributed by atoms with E-state index in [-0.39, 0.29) is 5.91 Å². The van der Waals surface area contributed by atoms with Crippen LogP contribution < -0.4 is 5.32 Å². The molecule has 0 unspecified atom stereocenters. The van der Waals surface area contributed by atoms with Gasteiger partial charge in [-0.3, -0.25) is 10.1 Å². The van der Waals surface area contributed by atoms with Gasteiger partial charge in [0, 0.05) is 27.1 Å². The molecule has 0 aliphatic carbocycles. The van der Waals surface area contributed by atoms with Crippen LogP contribution in [-0.4, -0.2) is 10.9 Å². The Morgan fingerprint density at radius 1 is 1.08 bits per heavy atom. The molecule has 1 N–H and O–H groups in total. The van der Waals surface area contributed by atoms with Crippen LogP contribution in [0.1, 0.15) is 5.56 Å². The molecular weight excluding hydrogens is 363 g/mol. The number of aromatic nitrogens is 1. The predicted octanol–water partition coefficient (Wildman–Crippen LogP) is 5.77. The molecule has 1 heterocycles. The van der Waals surface area contributed by atoms with Gasteiger partial charge in [0.2, 0.25) is 5.91 Å². The lowest BCUT2D eigenvalue weighted by Gasteiger charge is -1.98. The van der Waals surface area contributed by atoms with Gasteiger partial charge in [-0.05, 0) is 29.8 Å². The number of halogens is 2. The molecule has 24 heavy (non-hydrogen) atoms. The van der Waals surface area contributed by atoms with Gasteiger partial charge in [0.15, 0.2) is 5.13 Å². The molecule has 0 aliphatic heterocycles. The van der Waals surface area contributed by atoms with E-state index in [1.54, 1.807) is 24.3 Å². The Labute approximate surface area is 153 Å². The second-order valence-electron chi connectivity index (χ2n) is 4.89. The third-order valence-corrected chi connectivity index (χ3v) is 4.55. The van der Waals surface area contributed by atoms with Crippen LogP contribution >= 0.6 is 34.5 Å². The summed E-state index contributed by atoms with van der Waals surface area (Å²) in [5.74, 6) is -0.257. The average Bonchev–Trinajstić information content (AvgIpc) is 3.03. The Bertz CT molecular complexity index is 888. The summed E-state index contributed by atoms with van der Waals surface area (Å²) in [5.41, 5.74) is 2.53. The van der Waals surface area contributed by atoms with Gasteiger partial charge in [-0.2, -0.15) is 0 Å². The minimum absolute atomic E-state index is 0.257. The minimum atomic E-state index is -0.257. The summed E-state index contributed by atoms with van der Waals surface area (Å²) in [6.45, 7) is 0. The quantitative estimate of drug-likeness (QED) is 0.589. The number of carbonyl (C=O) groups is 1. The largest absolute Gasteiger partial charge is 0.298 e. The van der Waals surface area contributed by atoms with Crippen LogP contribution in [-0.2, 0) is 4.79 Å². The average molecular weight is 375 g/mol. The Kier molecular flexibility index (Phi) is 5.30. The van der Waals surface area contributed by atoms with E-state index in [0.29, 0.717) is 15.2 Å². The molecule has 0 saturated heterocycles. The standard InChI is InChI=1S/C18H12Cl2N2OS/c19-14-8-5-13(6-9-14)16-11-24-18(21-16)22-17(23)10-7-12-3-1-2-4-15(12)20/h1-11H,(H,21,22,23). The third-order valence-electron chi connectivity index (χ3n) is 3.19. The molecule has 120 valence electrons. The summed E-state index contributed by atoms with van der Waals surface area (Å²) in [5, 5.41) is 6.44. The van der Waals surface area contributed by atoms with Crippen molar-refractivity contribution in [2.24, 2.45) is 0 Å². The van der Waals surface area contributed by atoms with Crippen LogP contribution in [0.25, 0.3) is 17.3 Å². The van der Waals surface area contributed by atoms with Crippen molar-refractivity contribution in [1.29, 1.82) is 0 Å². The van der Waals surface area contributed by atoms with Crippen LogP contribution in [0, 0.1) is 0 Å². The zero-order chi connectivity index (χ0) is 16.9. The topological polar surface area (TPSA) is 42.0 Å². The fourth-order valence-corrected chi connectivity index (χ4v) is 3.05. The summed E-state index contributed by atoms with van der Waals surface area (Å²) >= 11 is 13.3. The number of rotatable bonds is 4. The maximum atomic E-state index is 12.0. The molecule has 0 aliphatic rings. The Hall–Kier alpha value is -2.14. The summed E-state index contributed by atoms with van der Waals surface area (Å²) in [6, 6.07) is 14.7. The summed E-state index contributed by atoms with van der Waals surface area (Å²) in [7, 11) is 0. The summed E-state index contributed by atoms with van der Waals surface area (Å²) in [6.07, 6.45) is 3.11. The second-order valence-corrected chi connectivity index (χ2v) is 6.59. The van der Waals surface area contributed by atoms with E-state index in [9.17, 15) is 4.79 Å². The monoisotopic (exact) mass is 374 g/mol. The number of hydrogen-bond acceptors (Lipinski definition) is 3. The molecule has 1 amide bonds. The first kappa shape index (κ1) is 16.7. The van der Waals surface area contributed by atoms with E-state index in [0.717, 1.165) is 16.8 Å². The van der Waals surface area contributed by atoms with Gasteiger partial charge < -0.3 is 0 Å². The van der Waals surface area contributed by atoms with E-state index < -0.39 is 0 Å². The van der Waals surface area contributed by atoms with Crippen LogP contribution in [0.3, 0.4) is 0 Å². The van der Waals surface area contributed by atoms with E-state index in [1.165, 1.54) is 17.4 Å². The molecule has 0 radical (unpaired) electrons. The number of thiazole rings is 1. The normalized spacial score (nSPS) is 10.9. The highest BCUT2D eigenvalue weighted by Crippen LogP contribution is 2.26. The third kappa shape index (κ3) is 4.23. The highest BCUT2D eigenvalue weighted by molar-refractivity contribution is 7.14. The molecule has 0 atom stereocenters. The molecule has 2 aromatic carbocycles. The fraction of sp³-hybridized carbons (Fsp3) is 0. The molecule has 0 fully saturated rings. The van der Waals surface area contributed by atoms with Gasteiger partial charge in [-0.25, -0.2) is 4.98 Å². The molecule has 3 rings (SSSR count). The zero-order valence-corrected chi connectivity index (χ0v) is 14.7. The van der Waals surface area contributed by atoms with E-state index in [4.69, 9.17) is 23.2 Å².